The fourth-order valence-corrected chi connectivity index (χ4v) is 2.84. The quantitative estimate of drug-likeness (QED) is 0.688. The Kier molecular flexibility index (Phi) is 3.61. The first kappa shape index (κ1) is 13.6. The van der Waals surface area contributed by atoms with Crippen LogP contribution in [0.25, 0.3) is 10.9 Å². The highest BCUT2D eigenvalue weighted by molar-refractivity contribution is 6.11. The molecule has 0 saturated carbocycles. The second-order valence-electron chi connectivity index (χ2n) is 5.39. The molecule has 0 spiro atoms. The SMILES string of the molecule is CCc1cccc2c(C(=O)C(C)c3ccccc3)c[nH]c12. The molecule has 0 bridgehead atoms. The molecule has 21 heavy (non-hydrogen) atoms. The van der Waals surface area contributed by atoms with E-state index in [2.05, 4.69) is 18.0 Å². The molecule has 0 aliphatic carbocycles. The van der Waals surface area contributed by atoms with Gasteiger partial charge >= 0.3 is 0 Å². The smallest absolute Gasteiger partial charge is 0.172 e. The predicted molar refractivity (Wildman–Crippen MR) is 86.9 cm³/mol. The lowest BCUT2D eigenvalue weighted by Gasteiger charge is -2.10. The number of hydrogen-bond acceptors (Lipinski definition) is 1. The average Bonchev–Trinajstić information content (AvgIpc) is 2.98. The van der Waals surface area contributed by atoms with Crippen LogP contribution in [-0.2, 0) is 6.42 Å². The van der Waals surface area contributed by atoms with E-state index in [1.54, 1.807) is 0 Å². The third kappa shape index (κ3) is 2.38. The molecule has 0 amide bonds. The van der Waals surface area contributed by atoms with Crippen molar-refractivity contribution in [2.24, 2.45) is 0 Å². The molecule has 3 rings (SSSR count). The normalized spacial score (nSPS) is 12.5. The lowest BCUT2D eigenvalue weighted by molar-refractivity contribution is 0.0968. The molecule has 0 aliphatic rings. The number of para-hydroxylation sites is 1. The predicted octanol–water partition coefficient (Wildman–Crippen LogP) is 4.72. The first-order chi connectivity index (χ1) is 10.2. The molecule has 1 N–H and O–H groups in total. The van der Waals surface area contributed by atoms with E-state index < -0.39 is 0 Å². The van der Waals surface area contributed by atoms with Gasteiger partial charge in [-0.25, -0.2) is 0 Å². The third-order valence-corrected chi connectivity index (χ3v) is 4.14. The number of aromatic nitrogens is 1. The van der Waals surface area contributed by atoms with E-state index in [4.69, 9.17) is 0 Å². The standard InChI is InChI=1S/C19H19NO/c1-3-14-10-7-11-16-17(12-20-18(14)16)19(21)13(2)15-8-5-4-6-9-15/h4-13,20H,3H2,1-2H3. The van der Waals surface area contributed by atoms with Crippen LogP contribution in [0.3, 0.4) is 0 Å². The highest BCUT2D eigenvalue weighted by Crippen LogP contribution is 2.27. The van der Waals surface area contributed by atoms with Crippen LogP contribution in [0.15, 0.2) is 54.7 Å². The van der Waals surface area contributed by atoms with E-state index in [0.717, 1.165) is 28.5 Å². The Balaban J connectivity index is 2.03. The number of hydrogen-bond donors (Lipinski definition) is 1. The summed E-state index contributed by atoms with van der Waals surface area (Å²) in [4.78, 5) is 16.1. The van der Waals surface area contributed by atoms with Gasteiger partial charge in [-0.3, -0.25) is 4.79 Å². The van der Waals surface area contributed by atoms with Gasteiger partial charge in [0.25, 0.3) is 0 Å². The van der Waals surface area contributed by atoms with E-state index in [1.165, 1.54) is 5.56 Å². The van der Waals surface area contributed by atoms with Crippen molar-refractivity contribution in [3.8, 4) is 0 Å². The van der Waals surface area contributed by atoms with Gasteiger partial charge in [0.2, 0.25) is 0 Å². The van der Waals surface area contributed by atoms with Crippen molar-refractivity contribution in [3.05, 3.63) is 71.4 Å². The summed E-state index contributed by atoms with van der Waals surface area (Å²) in [5, 5.41) is 1.03. The zero-order valence-electron chi connectivity index (χ0n) is 12.4. The summed E-state index contributed by atoms with van der Waals surface area (Å²) >= 11 is 0. The number of H-pyrrole nitrogens is 1. The number of aromatic amines is 1. The lowest BCUT2D eigenvalue weighted by Crippen LogP contribution is -2.09. The minimum Gasteiger partial charge on any atom is -0.360 e. The molecule has 1 unspecified atom stereocenters. The van der Waals surface area contributed by atoms with Gasteiger partial charge in [-0.05, 0) is 17.5 Å². The largest absolute Gasteiger partial charge is 0.360 e. The summed E-state index contributed by atoms with van der Waals surface area (Å²) < 4.78 is 0. The van der Waals surface area contributed by atoms with E-state index in [0.29, 0.717) is 0 Å². The van der Waals surface area contributed by atoms with Crippen LogP contribution < -0.4 is 0 Å². The van der Waals surface area contributed by atoms with Gasteiger partial charge < -0.3 is 4.98 Å². The molecule has 0 radical (unpaired) electrons. The van der Waals surface area contributed by atoms with E-state index >= 15 is 0 Å². The number of nitrogens with one attached hydrogen (secondary N) is 1. The molecule has 0 fully saturated rings. The van der Waals surface area contributed by atoms with Crippen molar-refractivity contribution in [2.45, 2.75) is 26.2 Å². The second-order valence-corrected chi connectivity index (χ2v) is 5.39. The van der Waals surface area contributed by atoms with Gasteiger partial charge in [0.05, 0.1) is 0 Å². The summed E-state index contributed by atoms with van der Waals surface area (Å²) in [6.45, 7) is 4.10. The van der Waals surface area contributed by atoms with Crippen molar-refractivity contribution in [3.63, 3.8) is 0 Å². The van der Waals surface area contributed by atoms with Crippen LogP contribution in [0.2, 0.25) is 0 Å². The van der Waals surface area contributed by atoms with Crippen molar-refractivity contribution >= 4 is 16.7 Å². The molecule has 106 valence electrons. The summed E-state index contributed by atoms with van der Waals surface area (Å²) in [7, 11) is 0. The Morgan fingerprint density at radius 2 is 1.86 bits per heavy atom. The summed E-state index contributed by atoms with van der Waals surface area (Å²) in [5.41, 5.74) is 4.18. The van der Waals surface area contributed by atoms with Crippen molar-refractivity contribution in [1.82, 2.24) is 4.98 Å². The minimum atomic E-state index is -0.129. The van der Waals surface area contributed by atoms with Crippen molar-refractivity contribution < 1.29 is 4.79 Å². The topological polar surface area (TPSA) is 32.9 Å². The van der Waals surface area contributed by atoms with E-state index in [1.807, 2.05) is 55.6 Å². The molecular formula is C19H19NO. The fraction of sp³-hybridized carbons (Fsp3) is 0.211. The molecular weight excluding hydrogens is 258 g/mol. The van der Waals surface area contributed by atoms with Gasteiger partial charge in [0.15, 0.2) is 5.78 Å². The van der Waals surface area contributed by atoms with Gasteiger partial charge in [-0.2, -0.15) is 0 Å². The van der Waals surface area contributed by atoms with Crippen LogP contribution in [-0.4, -0.2) is 10.8 Å². The second kappa shape index (κ2) is 5.57. The van der Waals surface area contributed by atoms with Crippen LogP contribution in [0.4, 0.5) is 0 Å². The number of rotatable bonds is 4. The summed E-state index contributed by atoms with van der Waals surface area (Å²) in [6.07, 6.45) is 2.81. The van der Waals surface area contributed by atoms with Gasteiger partial charge in [0, 0.05) is 28.6 Å². The molecule has 1 heterocycles. The first-order valence-corrected chi connectivity index (χ1v) is 7.40. The van der Waals surface area contributed by atoms with Crippen LogP contribution >= 0.6 is 0 Å². The van der Waals surface area contributed by atoms with Gasteiger partial charge in [-0.15, -0.1) is 0 Å². The number of benzene rings is 2. The third-order valence-electron chi connectivity index (χ3n) is 4.14. The molecule has 2 aromatic carbocycles. The van der Waals surface area contributed by atoms with Crippen LogP contribution in [0.5, 0.6) is 0 Å². The molecule has 0 saturated heterocycles. The monoisotopic (exact) mass is 277 g/mol. The van der Waals surface area contributed by atoms with Crippen LogP contribution in [0.1, 0.15) is 41.3 Å². The number of ketones is 1. The molecule has 1 aromatic heterocycles. The summed E-state index contributed by atoms with van der Waals surface area (Å²) in [5.74, 6) is 0.0381. The van der Waals surface area contributed by atoms with Crippen molar-refractivity contribution in [2.75, 3.05) is 0 Å². The zero-order valence-corrected chi connectivity index (χ0v) is 12.4. The van der Waals surface area contributed by atoms with E-state index in [9.17, 15) is 4.79 Å². The molecule has 2 heteroatoms. The first-order valence-electron chi connectivity index (χ1n) is 7.40. The molecule has 3 aromatic rings. The number of aryl methyl sites for hydroxylation is 1. The number of carbonyl (C=O) groups is 1. The van der Waals surface area contributed by atoms with Gasteiger partial charge in [0.1, 0.15) is 0 Å². The Morgan fingerprint density at radius 3 is 2.57 bits per heavy atom. The molecule has 1 atom stereocenters. The van der Waals surface area contributed by atoms with E-state index in [-0.39, 0.29) is 11.7 Å². The maximum Gasteiger partial charge on any atom is 0.172 e. The summed E-state index contributed by atoms with van der Waals surface area (Å²) in [6, 6.07) is 16.1. The lowest BCUT2D eigenvalue weighted by atomic mass is 9.92. The Morgan fingerprint density at radius 1 is 1.10 bits per heavy atom. The Hall–Kier alpha value is -2.35. The maximum absolute atomic E-state index is 12.8. The fourth-order valence-electron chi connectivity index (χ4n) is 2.84. The molecule has 2 nitrogen and oxygen atoms in total. The highest BCUT2D eigenvalue weighted by atomic mass is 16.1. The number of Topliss-reactive ketones (excluding diaryl/α,β-unsaturated/α-hetero) is 1. The Bertz CT molecular complexity index is 771. The van der Waals surface area contributed by atoms with Gasteiger partial charge in [-0.1, -0.05) is 62.4 Å². The Labute approximate surface area is 124 Å². The average molecular weight is 277 g/mol. The zero-order chi connectivity index (χ0) is 14.8. The van der Waals surface area contributed by atoms with Crippen LogP contribution in [0, 0.1) is 0 Å². The molecule has 0 aliphatic heterocycles. The number of carbonyl (C=O) groups excluding carboxylic acids is 1. The number of fused-ring (bicyclic) bond motifs is 1. The minimum absolute atomic E-state index is 0.129. The maximum atomic E-state index is 12.8. The van der Waals surface area contributed by atoms with Crippen molar-refractivity contribution in [1.29, 1.82) is 0 Å². The highest BCUT2D eigenvalue weighted by Gasteiger charge is 2.20.